The van der Waals surface area contributed by atoms with E-state index in [0.29, 0.717) is 5.69 Å². The predicted octanol–water partition coefficient (Wildman–Crippen LogP) is 6.79. The van der Waals surface area contributed by atoms with E-state index < -0.39 is 0 Å². The van der Waals surface area contributed by atoms with Gasteiger partial charge in [0.25, 0.3) is 0 Å². The zero-order chi connectivity index (χ0) is 24.2. The highest BCUT2D eigenvalue weighted by Gasteiger charge is 2.09. The third kappa shape index (κ3) is 12.6. The van der Waals surface area contributed by atoms with Gasteiger partial charge in [0.15, 0.2) is 13.7 Å². The maximum atomic E-state index is 10.4. The summed E-state index contributed by atoms with van der Waals surface area (Å²) in [5.74, 6) is 0.181. The minimum Gasteiger partial charge on any atom is -0.505 e. The summed E-state index contributed by atoms with van der Waals surface area (Å²) in [4.78, 5) is 1.50. The summed E-state index contributed by atoms with van der Waals surface area (Å²) in [5.41, 5.74) is 2.19. The van der Waals surface area contributed by atoms with Crippen molar-refractivity contribution >= 4 is 30.1 Å². The lowest BCUT2D eigenvalue weighted by Gasteiger charge is -2.07. The van der Waals surface area contributed by atoms with Gasteiger partial charge in [-0.05, 0) is 64.3 Å². The second kappa shape index (κ2) is 19.3. The number of fused-ring (bicyclic) bond motifs is 1. The zero-order valence-corrected chi connectivity index (χ0v) is 20.6. The molecule has 0 aromatic heterocycles. The van der Waals surface area contributed by atoms with Gasteiger partial charge >= 0.3 is 0 Å². The Morgan fingerprint density at radius 1 is 0.839 bits per heavy atom. The highest BCUT2D eigenvalue weighted by Crippen LogP contribution is 2.38. The molecular formula is C25H39BN4O. The molecule has 0 bridgehead atoms. The first kappa shape index (κ1) is 30.5. The summed E-state index contributed by atoms with van der Waals surface area (Å²) in [5, 5.41) is 23.3. The van der Waals surface area contributed by atoms with Crippen molar-refractivity contribution in [3.8, 4) is 5.75 Å². The molecule has 0 saturated heterocycles. The molecule has 2 N–H and O–H groups in total. The fourth-order valence-corrected chi connectivity index (χ4v) is 2.18. The van der Waals surface area contributed by atoms with Gasteiger partial charge in [-0.25, -0.2) is 0 Å². The number of hydrogen-bond acceptors (Lipinski definition) is 5. The van der Waals surface area contributed by atoms with Gasteiger partial charge in [-0.2, -0.15) is 5.11 Å². The molecule has 0 aliphatic rings. The van der Waals surface area contributed by atoms with E-state index in [1.807, 2.05) is 109 Å². The molecule has 0 atom stereocenters. The Morgan fingerprint density at radius 3 is 1.81 bits per heavy atom. The number of nitrogens with one attached hydrogen (secondary N) is 1. The van der Waals surface area contributed by atoms with Crippen molar-refractivity contribution in [1.82, 2.24) is 10.1 Å². The average Bonchev–Trinajstić information content (AvgIpc) is 2.77. The van der Waals surface area contributed by atoms with Crippen molar-refractivity contribution in [2.75, 3.05) is 28.2 Å². The number of phenols is 1. The van der Waals surface area contributed by atoms with Crippen molar-refractivity contribution < 1.29 is 5.11 Å². The van der Waals surface area contributed by atoms with Crippen LogP contribution in [0.4, 0.5) is 11.4 Å². The van der Waals surface area contributed by atoms with Crippen LogP contribution < -0.4 is 5.32 Å². The second-order valence-corrected chi connectivity index (χ2v) is 6.11. The van der Waals surface area contributed by atoms with Crippen molar-refractivity contribution in [2.24, 2.45) is 10.2 Å². The lowest BCUT2D eigenvalue weighted by Crippen LogP contribution is -2.02. The maximum absolute atomic E-state index is 10.4. The van der Waals surface area contributed by atoms with Gasteiger partial charge < -0.3 is 15.2 Å². The van der Waals surface area contributed by atoms with E-state index in [1.54, 1.807) is 14.1 Å². The van der Waals surface area contributed by atoms with Crippen molar-refractivity contribution in [3.05, 3.63) is 66.2 Å². The largest absolute Gasteiger partial charge is 0.505 e. The number of nitrogens with zero attached hydrogens (tertiary/aromatic N) is 3. The fraction of sp³-hybridized carbons (Fsp3) is 0.360. The molecule has 0 spiro atoms. The predicted molar refractivity (Wildman–Crippen MR) is 138 cm³/mol. The lowest BCUT2D eigenvalue weighted by atomic mass is 10.0. The van der Waals surface area contributed by atoms with Crippen LogP contribution in [-0.2, 0) is 0 Å². The normalized spacial score (nSPS) is 9.35. The van der Waals surface area contributed by atoms with Crippen LogP contribution >= 0.6 is 0 Å². The van der Waals surface area contributed by atoms with Crippen LogP contribution in [0.3, 0.4) is 0 Å². The molecule has 2 radical (unpaired) electrons. The molecule has 3 aromatic carbocycles. The molecule has 3 rings (SSSR count). The summed E-state index contributed by atoms with van der Waals surface area (Å²) in [6.07, 6.45) is 0. The van der Waals surface area contributed by atoms with E-state index in [4.69, 9.17) is 7.98 Å². The number of hydrogen-bond donors (Lipinski definition) is 2. The lowest BCUT2D eigenvalue weighted by molar-refractivity contribution is 0.482. The van der Waals surface area contributed by atoms with Crippen LogP contribution in [0, 0.1) is 6.92 Å². The highest BCUT2D eigenvalue weighted by molar-refractivity contribution is 6.03. The molecular weight excluding hydrogens is 383 g/mol. The highest BCUT2D eigenvalue weighted by atomic mass is 16.3. The topological polar surface area (TPSA) is 60.2 Å². The van der Waals surface area contributed by atoms with Gasteiger partial charge in [-0.1, -0.05) is 70.2 Å². The number of benzene rings is 3. The Morgan fingerprint density at radius 2 is 1.29 bits per heavy atom. The standard InChI is InChI=1S/C17H14N2O.C2H6BN.C2H7N.2C2H6/c1-12-11-13-7-5-6-10-15(13)17(20)16(12)19-18-14-8-3-2-4-9-14;1-4(2)3;1-3-2;2*1-2/h2-11,20H,1H3;1-2H3;3H,1-2H3;2*1-2H3. The van der Waals surface area contributed by atoms with E-state index >= 15 is 0 Å². The molecule has 5 nitrogen and oxygen atoms in total. The minimum atomic E-state index is 0.181. The zero-order valence-electron chi connectivity index (χ0n) is 20.6. The number of aryl methyl sites for hydroxylation is 1. The smallest absolute Gasteiger partial charge is 0.181 e. The summed E-state index contributed by atoms with van der Waals surface area (Å²) in [6, 6.07) is 19.2. The molecule has 0 amide bonds. The third-order valence-corrected chi connectivity index (χ3v) is 3.21. The van der Waals surface area contributed by atoms with Gasteiger partial charge in [0.05, 0.1) is 5.69 Å². The molecule has 0 fully saturated rings. The molecule has 31 heavy (non-hydrogen) atoms. The average molecular weight is 422 g/mol. The quantitative estimate of drug-likeness (QED) is 0.353. The molecule has 3 aromatic rings. The summed E-state index contributed by atoms with van der Waals surface area (Å²) in [6.45, 7) is 9.92. The summed E-state index contributed by atoms with van der Waals surface area (Å²) >= 11 is 0. The van der Waals surface area contributed by atoms with E-state index in [2.05, 4.69) is 15.5 Å². The van der Waals surface area contributed by atoms with Gasteiger partial charge in [0.1, 0.15) is 5.69 Å². The molecule has 0 aliphatic heterocycles. The van der Waals surface area contributed by atoms with E-state index in [9.17, 15) is 5.11 Å². The van der Waals surface area contributed by atoms with Crippen LogP contribution in [0.2, 0.25) is 0 Å². The second-order valence-electron chi connectivity index (χ2n) is 6.11. The molecule has 0 aliphatic carbocycles. The Kier molecular flexibility index (Phi) is 19.0. The molecule has 168 valence electrons. The Balaban J connectivity index is 0. The fourth-order valence-electron chi connectivity index (χ4n) is 2.18. The SMILES string of the molecule is CC.CC.CNC.Cc1cc2ccccc2c(O)c1N=Nc1ccccc1.[B]N(C)C. The molecule has 0 unspecified atom stereocenters. The molecule has 6 heteroatoms. The number of rotatable bonds is 2. The van der Waals surface area contributed by atoms with Gasteiger partial charge in [-0.15, -0.1) is 5.11 Å². The Hall–Kier alpha value is -2.70. The first-order valence-corrected chi connectivity index (χ1v) is 10.6. The number of azo groups is 1. The maximum Gasteiger partial charge on any atom is 0.181 e. The number of phenolic OH excluding ortho intramolecular Hbond substituents is 1. The van der Waals surface area contributed by atoms with Crippen molar-refractivity contribution in [1.29, 1.82) is 0 Å². The Bertz CT molecular complexity index is 850. The first-order valence-electron chi connectivity index (χ1n) is 10.6. The van der Waals surface area contributed by atoms with Crippen LogP contribution in [0.15, 0.2) is 70.9 Å². The summed E-state index contributed by atoms with van der Waals surface area (Å²) in [7, 11) is 12.2. The van der Waals surface area contributed by atoms with Crippen molar-refractivity contribution in [3.63, 3.8) is 0 Å². The third-order valence-electron chi connectivity index (χ3n) is 3.21. The van der Waals surface area contributed by atoms with Crippen molar-refractivity contribution in [2.45, 2.75) is 34.6 Å². The van der Waals surface area contributed by atoms with Crippen LogP contribution in [-0.4, -0.2) is 46.1 Å². The van der Waals surface area contributed by atoms with Gasteiger partial charge in [0.2, 0.25) is 0 Å². The minimum absolute atomic E-state index is 0.181. The summed E-state index contributed by atoms with van der Waals surface area (Å²) < 4.78 is 0. The van der Waals surface area contributed by atoms with Gasteiger partial charge in [-0.3, -0.25) is 0 Å². The molecule has 0 saturated carbocycles. The first-order chi connectivity index (χ1) is 14.9. The van der Waals surface area contributed by atoms with E-state index in [0.717, 1.165) is 22.0 Å². The Labute approximate surface area is 190 Å². The van der Waals surface area contributed by atoms with Crippen LogP contribution in [0.1, 0.15) is 33.3 Å². The number of aromatic hydroxyl groups is 1. The monoisotopic (exact) mass is 422 g/mol. The van der Waals surface area contributed by atoms with Crippen LogP contribution in [0.25, 0.3) is 10.8 Å². The van der Waals surface area contributed by atoms with E-state index in [1.165, 1.54) is 4.81 Å². The van der Waals surface area contributed by atoms with Gasteiger partial charge in [0, 0.05) is 5.39 Å². The van der Waals surface area contributed by atoms with E-state index in [-0.39, 0.29) is 5.75 Å². The van der Waals surface area contributed by atoms with Crippen LogP contribution in [0.5, 0.6) is 5.75 Å². The molecule has 0 heterocycles.